The highest BCUT2D eigenvalue weighted by molar-refractivity contribution is 9.10. The molecule has 0 spiro atoms. The van der Waals surface area contributed by atoms with Crippen LogP contribution in [-0.4, -0.2) is 89.0 Å². The first-order valence-corrected chi connectivity index (χ1v) is 22.3. The van der Waals surface area contributed by atoms with Crippen molar-refractivity contribution >= 4 is 47.9 Å². The van der Waals surface area contributed by atoms with E-state index in [1.807, 2.05) is 12.1 Å². The van der Waals surface area contributed by atoms with Gasteiger partial charge in [0.1, 0.15) is 32.6 Å². The molecule has 0 unspecified atom stereocenters. The third-order valence-electron chi connectivity index (χ3n) is 9.48. The van der Waals surface area contributed by atoms with Crippen molar-refractivity contribution in [3.63, 3.8) is 0 Å². The molecule has 0 aromatic heterocycles. The van der Waals surface area contributed by atoms with Crippen molar-refractivity contribution in [2.75, 3.05) is 34.4 Å². The number of sulfonamides is 2. The van der Waals surface area contributed by atoms with Gasteiger partial charge in [0.15, 0.2) is 5.84 Å². The normalized spacial score (nSPS) is 15.9. The van der Waals surface area contributed by atoms with Gasteiger partial charge < -0.3 is 23.8 Å². The quantitative estimate of drug-likeness (QED) is 0.140. The van der Waals surface area contributed by atoms with Gasteiger partial charge in [-0.05, 0) is 108 Å². The second-order valence-electron chi connectivity index (χ2n) is 14.8. The van der Waals surface area contributed by atoms with E-state index >= 15 is 8.42 Å². The predicted molar refractivity (Wildman–Crippen MR) is 224 cm³/mol. The average molecular weight is 915 g/mol. The number of nitrogens with one attached hydrogen (secondary N) is 3. The zero-order valence-electron chi connectivity index (χ0n) is 33.6. The summed E-state index contributed by atoms with van der Waals surface area (Å²) in [6, 6.07) is 23.2. The molecule has 2 aliphatic rings. The van der Waals surface area contributed by atoms with Crippen molar-refractivity contribution < 1.29 is 40.6 Å². The topological polar surface area (TPSA) is 180 Å². The van der Waals surface area contributed by atoms with Crippen LogP contribution < -0.4 is 30.0 Å². The van der Waals surface area contributed by atoms with Crippen molar-refractivity contribution in [1.29, 1.82) is 0 Å². The van der Waals surface area contributed by atoms with E-state index in [2.05, 4.69) is 36.8 Å². The fourth-order valence-electron chi connectivity index (χ4n) is 6.54. The smallest absolute Gasteiger partial charge is 0.410 e. The molecule has 4 aromatic carbocycles. The third kappa shape index (κ3) is 10.5. The Kier molecular flexibility index (Phi) is 13.4. The summed E-state index contributed by atoms with van der Waals surface area (Å²) in [4.78, 5) is 13.3. The Morgan fingerprint density at radius 2 is 1.36 bits per heavy atom. The molecule has 19 heteroatoms. The van der Waals surface area contributed by atoms with Crippen LogP contribution >= 0.6 is 15.9 Å². The average Bonchev–Trinajstić information content (AvgIpc) is 3.87. The zero-order chi connectivity index (χ0) is 42.5. The molecule has 1 fully saturated rings. The molecular formula is C40H48BrN7O9S2. The van der Waals surface area contributed by atoms with Crippen molar-refractivity contribution in [2.24, 2.45) is 5.10 Å². The van der Waals surface area contributed by atoms with Gasteiger partial charge >= 0.3 is 6.09 Å². The lowest BCUT2D eigenvalue weighted by atomic mass is 10.1. The minimum atomic E-state index is -4.76. The Bertz CT molecular complexity index is 2330. The van der Waals surface area contributed by atoms with Crippen LogP contribution in [0.4, 0.5) is 4.79 Å². The first kappa shape index (κ1) is 43.7. The number of rotatable bonds is 15. The van der Waals surface area contributed by atoms with Crippen LogP contribution in [0.15, 0.2) is 104 Å². The third-order valence-corrected chi connectivity index (χ3v) is 13.7. The summed E-state index contributed by atoms with van der Waals surface area (Å²) in [6.07, 6.45) is -0.293. The largest absolute Gasteiger partial charge is 0.497 e. The number of hydrogen-bond acceptors (Lipinski definition) is 13. The number of methoxy groups -OCH3 is 3. The maximum atomic E-state index is 15.6. The number of likely N-dealkylation sites (tertiary alicyclic amines) is 1. The number of nitrogens with zero attached hydrogens (tertiary/aromatic N) is 4. The van der Waals surface area contributed by atoms with E-state index in [0.717, 1.165) is 5.56 Å². The van der Waals surface area contributed by atoms with E-state index < -0.39 is 47.6 Å². The SMILES string of the molecule is COc1ccc(CN2NNN=C2c2c(Br)ccc(S(=O)(=O)N[C@@H]3CCN(C(=O)OC(C)(C)C)C3)c2S(=O)(=O)N(Cc2ccc(OC)cc2)Cc2ccc(OC)cc2)cc1. The molecule has 16 nitrogen and oxygen atoms in total. The summed E-state index contributed by atoms with van der Waals surface area (Å²) in [6.45, 7) is 5.44. The van der Waals surface area contributed by atoms with Crippen LogP contribution in [0.1, 0.15) is 49.4 Å². The molecule has 1 atom stereocenters. The van der Waals surface area contributed by atoms with Crippen LogP contribution in [0.5, 0.6) is 17.2 Å². The lowest BCUT2D eigenvalue weighted by Gasteiger charge is -2.28. The van der Waals surface area contributed by atoms with Crippen molar-refractivity contribution in [2.45, 2.75) is 68.3 Å². The predicted octanol–water partition coefficient (Wildman–Crippen LogP) is 5.34. The Morgan fingerprint density at radius 3 is 1.86 bits per heavy atom. The van der Waals surface area contributed by atoms with E-state index in [1.165, 1.54) is 35.6 Å². The van der Waals surface area contributed by atoms with E-state index in [0.29, 0.717) is 28.4 Å². The molecule has 6 rings (SSSR count). The summed E-state index contributed by atoms with van der Waals surface area (Å²) >= 11 is 3.57. The molecule has 0 aliphatic carbocycles. The van der Waals surface area contributed by atoms with Gasteiger partial charge in [-0.25, -0.2) is 31.9 Å². The number of carbonyl (C=O) groups is 1. The summed E-state index contributed by atoms with van der Waals surface area (Å²) in [5.41, 5.74) is 6.98. The van der Waals surface area contributed by atoms with Gasteiger partial charge in [0.05, 0.1) is 33.4 Å². The monoisotopic (exact) mass is 913 g/mol. The van der Waals surface area contributed by atoms with Crippen LogP contribution in [0.3, 0.4) is 0 Å². The number of hydrazone groups is 1. The summed E-state index contributed by atoms with van der Waals surface area (Å²) < 4.78 is 86.3. The molecule has 1 amide bonds. The number of hydrazine groups is 2. The molecule has 2 aliphatic heterocycles. The zero-order valence-corrected chi connectivity index (χ0v) is 36.8. The number of amidine groups is 1. The van der Waals surface area contributed by atoms with Crippen LogP contribution in [-0.2, 0) is 44.4 Å². The Morgan fingerprint density at radius 1 is 0.831 bits per heavy atom. The van der Waals surface area contributed by atoms with Gasteiger partial charge in [0.2, 0.25) is 20.0 Å². The number of carbonyl (C=O) groups excluding carboxylic acids is 1. The van der Waals surface area contributed by atoms with Crippen LogP contribution in [0.25, 0.3) is 0 Å². The number of ether oxygens (including phenoxy) is 4. The van der Waals surface area contributed by atoms with Gasteiger partial charge in [-0.1, -0.05) is 36.4 Å². The fourth-order valence-corrected chi connectivity index (χ4v) is 10.9. The minimum absolute atomic E-state index is 0.00449. The van der Waals surface area contributed by atoms with Crippen LogP contribution in [0, 0.1) is 0 Å². The molecule has 0 saturated carbocycles. The molecule has 2 heterocycles. The lowest BCUT2D eigenvalue weighted by molar-refractivity contribution is 0.0292. The van der Waals surface area contributed by atoms with Gasteiger partial charge in [0, 0.05) is 36.7 Å². The summed E-state index contributed by atoms with van der Waals surface area (Å²) in [5, 5.41) is 6.03. The van der Waals surface area contributed by atoms with Gasteiger partial charge in [0.25, 0.3) is 0 Å². The standard InChI is InChI=1S/C40H48BrN7O9S2/c1-40(2,3)57-39(49)46-22-21-30(26-46)43-58(50,51)35-20-19-34(41)36(38-42-44-45-48(38)25-29-11-17-33(56-6)18-12-29)37(35)59(52,53)47(23-27-7-13-31(54-4)14-8-27)24-28-9-15-32(55-5)16-10-28/h7-20,30,43-45H,21-26H2,1-6H3/t30-/m1/s1. The Labute approximate surface area is 353 Å². The first-order chi connectivity index (χ1) is 28.0. The van der Waals surface area contributed by atoms with E-state index in [-0.39, 0.29) is 55.0 Å². The molecule has 4 aromatic rings. The number of amides is 1. The van der Waals surface area contributed by atoms with Crippen LogP contribution in [0.2, 0.25) is 0 Å². The van der Waals surface area contributed by atoms with Gasteiger partial charge in [-0.15, -0.1) is 10.6 Å². The van der Waals surface area contributed by atoms with Gasteiger partial charge in [-0.3, -0.25) is 5.01 Å². The van der Waals surface area contributed by atoms with E-state index in [4.69, 9.17) is 18.9 Å². The maximum Gasteiger partial charge on any atom is 0.410 e. The molecule has 3 N–H and O–H groups in total. The Hall–Kier alpha value is -4.92. The number of benzene rings is 4. The second-order valence-corrected chi connectivity index (χ2v) is 19.3. The maximum absolute atomic E-state index is 15.6. The minimum Gasteiger partial charge on any atom is -0.497 e. The van der Waals surface area contributed by atoms with Crippen molar-refractivity contribution in [1.82, 2.24) is 30.0 Å². The molecular weight excluding hydrogens is 867 g/mol. The van der Waals surface area contributed by atoms with E-state index in [9.17, 15) is 13.2 Å². The highest BCUT2D eigenvalue weighted by atomic mass is 79.9. The van der Waals surface area contributed by atoms with Crippen molar-refractivity contribution in [3.05, 3.63) is 112 Å². The lowest BCUT2D eigenvalue weighted by Crippen LogP contribution is -2.42. The molecule has 0 bridgehead atoms. The highest BCUT2D eigenvalue weighted by Crippen LogP contribution is 2.37. The van der Waals surface area contributed by atoms with E-state index in [1.54, 1.807) is 93.6 Å². The molecule has 0 radical (unpaired) electrons. The Balaban J connectivity index is 1.47. The fraction of sp³-hybridized carbons (Fsp3) is 0.350. The molecule has 1 saturated heterocycles. The first-order valence-electron chi connectivity index (χ1n) is 18.6. The number of hydrogen-bond donors (Lipinski definition) is 3. The number of halogens is 1. The second kappa shape index (κ2) is 18.1. The van der Waals surface area contributed by atoms with Gasteiger partial charge in [-0.2, -0.15) is 4.31 Å². The summed E-state index contributed by atoms with van der Waals surface area (Å²) in [5.74, 6) is 1.93. The highest BCUT2D eigenvalue weighted by Gasteiger charge is 2.40. The molecule has 59 heavy (non-hydrogen) atoms. The molecule has 316 valence electrons. The summed E-state index contributed by atoms with van der Waals surface area (Å²) in [7, 11) is -4.73. The van der Waals surface area contributed by atoms with Crippen molar-refractivity contribution in [3.8, 4) is 17.2 Å².